The van der Waals surface area contributed by atoms with Crippen molar-refractivity contribution in [1.29, 1.82) is 0 Å². The van der Waals surface area contributed by atoms with E-state index in [2.05, 4.69) is 81.3 Å². The van der Waals surface area contributed by atoms with Crippen molar-refractivity contribution in [1.82, 2.24) is 9.55 Å². The van der Waals surface area contributed by atoms with Gasteiger partial charge in [0, 0.05) is 23.7 Å². The van der Waals surface area contributed by atoms with Gasteiger partial charge in [-0.15, -0.1) is 0 Å². The maximum Gasteiger partial charge on any atom is 0.151 e. The molecule has 34 heavy (non-hydrogen) atoms. The Morgan fingerprint density at radius 1 is 0.794 bits per heavy atom. The van der Waals surface area contributed by atoms with Crippen molar-refractivity contribution in [3.63, 3.8) is 0 Å². The summed E-state index contributed by atoms with van der Waals surface area (Å²) in [5.41, 5.74) is 6.48. The molecule has 0 saturated carbocycles. The molecule has 5 rings (SSSR count). The summed E-state index contributed by atoms with van der Waals surface area (Å²) in [5, 5.41) is 0. The first kappa shape index (κ1) is 21.4. The van der Waals surface area contributed by atoms with Crippen molar-refractivity contribution in [2.75, 3.05) is 6.61 Å². The highest BCUT2D eigenvalue weighted by Gasteiger charge is 2.18. The Morgan fingerprint density at radius 3 is 2.12 bits per heavy atom. The first-order valence-corrected chi connectivity index (χ1v) is 11.4. The molecule has 0 aliphatic heterocycles. The third kappa shape index (κ3) is 4.52. The average molecular weight is 444 g/mol. The number of aromatic nitrogens is 2. The molecule has 0 unspecified atom stereocenters. The van der Waals surface area contributed by atoms with Crippen LogP contribution in [0, 0.1) is 0 Å². The van der Waals surface area contributed by atoms with E-state index in [-0.39, 0.29) is 0 Å². The van der Waals surface area contributed by atoms with Crippen LogP contribution in [-0.4, -0.2) is 22.4 Å². The minimum atomic E-state index is 0.640. The number of nitrogens with zero attached hydrogens (tertiary/aromatic N) is 3. The quantitative estimate of drug-likeness (QED) is 0.247. The van der Waals surface area contributed by atoms with Gasteiger partial charge in [-0.1, -0.05) is 66.7 Å². The fraction of sp³-hybridized carbons (Fsp3) is 0.0667. The fourth-order valence-electron chi connectivity index (χ4n) is 4.03. The van der Waals surface area contributed by atoms with E-state index in [4.69, 9.17) is 4.74 Å². The summed E-state index contributed by atoms with van der Waals surface area (Å²) >= 11 is 0. The van der Waals surface area contributed by atoms with Crippen LogP contribution in [0.3, 0.4) is 0 Å². The Labute approximate surface area is 199 Å². The molecule has 2 aromatic heterocycles. The van der Waals surface area contributed by atoms with Crippen molar-refractivity contribution in [3.8, 4) is 34.0 Å². The molecule has 5 aromatic rings. The van der Waals surface area contributed by atoms with Crippen LogP contribution in [0.5, 0.6) is 5.75 Å². The van der Waals surface area contributed by atoms with Gasteiger partial charge in [0.25, 0.3) is 0 Å². The highest BCUT2D eigenvalue weighted by molar-refractivity contribution is 5.94. The predicted octanol–water partition coefficient (Wildman–Crippen LogP) is 7.36. The monoisotopic (exact) mass is 443 g/mol. The number of benzene rings is 3. The zero-order valence-electron chi connectivity index (χ0n) is 19.0. The number of rotatable bonds is 7. The summed E-state index contributed by atoms with van der Waals surface area (Å²) in [6.45, 7) is 2.63. The van der Waals surface area contributed by atoms with Crippen molar-refractivity contribution in [2.45, 2.75) is 6.92 Å². The third-order valence-corrected chi connectivity index (χ3v) is 5.54. The standard InChI is InChI=1S/C30H25N3O/c1-2-34-27-18-16-26(17-19-27)33-28(23-11-5-3-6-12-23)21-25(22-32-29-15-9-10-20-31-29)30(33)24-13-7-4-8-14-24/h3-22H,2H2,1H3. The van der Waals surface area contributed by atoms with Crippen LogP contribution in [0.2, 0.25) is 0 Å². The number of aliphatic imine (C=N–C) groups is 1. The molecule has 0 N–H and O–H groups in total. The summed E-state index contributed by atoms with van der Waals surface area (Å²) in [7, 11) is 0. The van der Waals surface area contributed by atoms with Crippen LogP contribution in [0.25, 0.3) is 28.2 Å². The molecule has 2 heterocycles. The summed E-state index contributed by atoms with van der Waals surface area (Å²) in [6, 6.07) is 37.0. The molecular weight excluding hydrogens is 418 g/mol. The van der Waals surface area contributed by atoms with Crippen LogP contribution in [0.1, 0.15) is 12.5 Å². The van der Waals surface area contributed by atoms with E-state index in [1.807, 2.05) is 55.6 Å². The molecule has 4 nitrogen and oxygen atoms in total. The fourth-order valence-corrected chi connectivity index (χ4v) is 4.03. The number of ether oxygens (including phenoxy) is 1. The molecule has 0 bridgehead atoms. The second-order valence-corrected chi connectivity index (χ2v) is 7.77. The predicted molar refractivity (Wildman–Crippen MR) is 139 cm³/mol. The largest absolute Gasteiger partial charge is 0.494 e. The highest BCUT2D eigenvalue weighted by Crippen LogP contribution is 2.36. The maximum absolute atomic E-state index is 5.68. The van der Waals surface area contributed by atoms with Gasteiger partial charge in [-0.05, 0) is 60.5 Å². The Morgan fingerprint density at radius 2 is 1.47 bits per heavy atom. The van der Waals surface area contributed by atoms with E-state index < -0.39 is 0 Å². The Balaban J connectivity index is 1.74. The molecular formula is C30H25N3O. The lowest BCUT2D eigenvalue weighted by molar-refractivity contribution is 0.340. The molecule has 0 fully saturated rings. The second kappa shape index (κ2) is 10.0. The van der Waals surface area contributed by atoms with E-state index in [1.165, 1.54) is 0 Å². The molecule has 0 saturated heterocycles. The van der Waals surface area contributed by atoms with Gasteiger partial charge < -0.3 is 9.30 Å². The van der Waals surface area contributed by atoms with Crippen LogP contribution in [0.15, 0.2) is 120 Å². The first-order valence-electron chi connectivity index (χ1n) is 11.4. The minimum Gasteiger partial charge on any atom is -0.494 e. The normalized spacial score (nSPS) is 11.1. The molecule has 0 atom stereocenters. The number of hydrogen-bond donors (Lipinski definition) is 0. The second-order valence-electron chi connectivity index (χ2n) is 7.77. The van der Waals surface area contributed by atoms with Crippen LogP contribution in [0.4, 0.5) is 5.82 Å². The molecule has 0 radical (unpaired) electrons. The Bertz CT molecular complexity index is 1370. The van der Waals surface area contributed by atoms with Gasteiger partial charge >= 0.3 is 0 Å². The van der Waals surface area contributed by atoms with Crippen molar-refractivity contribution in [2.24, 2.45) is 4.99 Å². The summed E-state index contributed by atoms with van der Waals surface area (Å²) < 4.78 is 7.97. The maximum atomic E-state index is 5.68. The number of hydrogen-bond acceptors (Lipinski definition) is 3. The lowest BCUT2D eigenvalue weighted by Gasteiger charge is -2.15. The molecule has 0 spiro atoms. The third-order valence-electron chi connectivity index (χ3n) is 5.54. The van der Waals surface area contributed by atoms with E-state index in [0.717, 1.165) is 39.5 Å². The Kier molecular flexibility index (Phi) is 6.30. The Hall–Kier alpha value is -4.44. The van der Waals surface area contributed by atoms with E-state index in [0.29, 0.717) is 12.4 Å². The van der Waals surface area contributed by atoms with Crippen LogP contribution in [-0.2, 0) is 0 Å². The van der Waals surface area contributed by atoms with E-state index >= 15 is 0 Å². The van der Waals surface area contributed by atoms with Gasteiger partial charge in [-0.25, -0.2) is 9.98 Å². The van der Waals surface area contributed by atoms with Gasteiger partial charge in [-0.2, -0.15) is 0 Å². The molecule has 3 aromatic carbocycles. The summed E-state index contributed by atoms with van der Waals surface area (Å²) in [5.74, 6) is 1.54. The SMILES string of the molecule is CCOc1ccc(-n2c(-c3ccccc3)cc(C=Nc3ccccn3)c2-c2ccccc2)cc1. The van der Waals surface area contributed by atoms with Gasteiger partial charge in [-0.3, -0.25) is 0 Å². The molecule has 0 aliphatic carbocycles. The summed E-state index contributed by atoms with van der Waals surface area (Å²) in [6.07, 6.45) is 3.66. The van der Waals surface area contributed by atoms with Crippen molar-refractivity contribution >= 4 is 12.0 Å². The zero-order valence-corrected chi connectivity index (χ0v) is 19.0. The average Bonchev–Trinajstić information content (AvgIpc) is 3.29. The van der Waals surface area contributed by atoms with Gasteiger partial charge in [0.15, 0.2) is 5.82 Å². The van der Waals surface area contributed by atoms with Gasteiger partial charge in [0.1, 0.15) is 5.75 Å². The molecule has 0 amide bonds. The molecule has 166 valence electrons. The summed E-state index contributed by atoms with van der Waals surface area (Å²) in [4.78, 5) is 9.02. The number of pyridine rings is 1. The smallest absolute Gasteiger partial charge is 0.151 e. The zero-order chi connectivity index (χ0) is 23.2. The molecule has 4 heteroatoms. The van der Waals surface area contributed by atoms with Gasteiger partial charge in [0.05, 0.1) is 18.0 Å². The van der Waals surface area contributed by atoms with Gasteiger partial charge in [0.2, 0.25) is 0 Å². The van der Waals surface area contributed by atoms with Crippen LogP contribution < -0.4 is 4.74 Å². The van der Waals surface area contributed by atoms with E-state index in [9.17, 15) is 0 Å². The molecule has 0 aliphatic rings. The first-order chi connectivity index (χ1) is 16.8. The minimum absolute atomic E-state index is 0.640. The van der Waals surface area contributed by atoms with Crippen LogP contribution >= 0.6 is 0 Å². The lowest BCUT2D eigenvalue weighted by Crippen LogP contribution is -2.01. The van der Waals surface area contributed by atoms with Crippen molar-refractivity contribution < 1.29 is 4.74 Å². The van der Waals surface area contributed by atoms with Crippen molar-refractivity contribution in [3.05, 3.63) is 121 Å². The highest BCUT2D eigenvalue weighted by atomic mass is 16.5. The lowest BCUT2D eigenvalue weighted by atomic mass is 10.1. The van der Waals surface area contributed by atoms with E-state index in [1.54, 1.807) is 6.20 Å². The topological polar surface area (TPSA) is 39.4 Å².